The van der Waals surface area contributed by atoms with Crippen LogP contribution in [0.5, 0.6) is 0 Å². The third-order valence-electron chi connectivity index (χ3n) is 6.53. The highest BCUT2D eigenvalue weighted by atomic mass is 19.1. The Balaban J connectivity index is 1.71. The van der Waals surface area contributed by atoms with Crippen molar-refractivity contribution in [3.63, 3.8) is 0 Å². The molecule has 6 nitrogen and oxygen atoms in total. The summed E-state index contributed by atoms with van der Waals surface area (Å²) in [6.07, 6.45) is 5.86. The van der Waals surface area contributed by atoms with E-state index < -0.39 is 5.82 Å². The van der Waals surface area contributed by atoms with E-state index in [9.17, 15) is 9.18 Å². The highest BCUT2D eigenvalue weighted by Gasteiger charge is 2.29. The van der Waals surface area contributed by atoms with Crippen molar-refractivity contribution in [3.8, 4) is 11.3 Å². The molecule has 180 valence electrons. The largest absolute Gasteiger partial charge is 0.383 e. The molecule has 0 atom stereocenters. The van der Waals surface area contributed by atoms with Gasteiger partial charge in [-0.2, -0.15) is 0 Å². The molecular weight excluding hydrogens is 433 g/mol. The maximum atomic E-state index is 13.9. The van der Waals surface area contributed by atoms with E-state index in [1.807, 2.05) is 37.4 Å². The molecule has 1 amide bonds. The fourth-order valence-electron chi connectivity index (χ4n) is 4.63. The molecule has 1 aliphatic carbocycles. The summed E-state index contributed by atoms with van der Waals surface area (Å²) in [4.78, 5) is 17.3. The molecule has 7 heteroatoms. The average molecular weight is 466 g/mol. The van der Waals surface area contributed by atoms with E-state index >= 15 is 0 Å². The number of halogens is 1. The topological polar surface area (TPSA) is 58.8 Å². The van der Waals surface area contributed by atoms with Crippen LogP contribution in [0.15, 0.2) is 59.1 Å². The number of amides is 1. The lowest BCUT2D eigenvalue weighted by molar-refractivity contribution is 0.0680. The number of carbonyl (C=O) groups excluding carboxylic acids is 1. The monoisotopic (exact) mass is 465 g/mol. The van der Waals surface area contributed by atoms with Gasteiger partial charge < -0.3 is 19.1 Å². The van der Waals surface area contributed by atoms with E-state index in [4.69, 9.17) is 9.26 Å². The van der Waals surface area contributed by atoms with Crippen molar-refractivity contribution < 1.29 is 18.4 Å². The third-order valence-corrected chi connectivity index (χ3v) is 6.53. The highest BCUT2D eigenvalue weighted by molar-refractivity contribution is 5.94. The molecule has 3 aromatic rings. The number of rotatable bonds is 9. The minimum atomic E-state index is -0.440. The van der Waals surface area contributed by atoms with Crippen LogP contribution in [-0.4, -0.2) is 49.3 Å². The molecule has 0 N–H and O–H groups in total. The van der Waals surface area contributed by atoms with Crippen LogP contribution in [0.25, 0.3) is 11.3 Å². The molecule has 1 saturated carbocycles. The maximum absolute atomic E-state index is 13.9. The zero-order valence-corrected chi connectivity index (χ0v) is 19.9. The molecule has 0 radical (unpaired) electrons. The van der Waals surface area contributed by atoms with Gasteiger partial charge in [-0.25, -0.2) is 4.39 Å². The molecule has 1 aromatic heterocycles. The molecule has 4 rings (SSSR count). The van der Waals surface area contributed by atoms with Gasteiger partial charge in [0.25, 0.3) is 5.91 Å². The summed E-state index contributed by atoms with van der Waals surface area (Å²) in [5, 5.41) is 4.44. The van der Waals surface area contributed by atoms with Crippen molar-refractivity contribution in [2.45, 2.75) is 44.7 Å². The molecule has 1 heterocycles. The Bertz CT molecular complexity index is 1080. The van der Waals surface area contributed by atoms with Crippen molar-refractivity contribution in [1.82, 2.24) is 10.1 Å². The predicted octanol–water partition coefficient (Wildman–Crippen LogP) is 5.54. The van der Waals surface area contributed by atoms with Gasteiger partial charge in [0, 0.05) is 37.9 Å². The van der Waals surface area contributed by atoms with Crippen LogP contribution in [0.2, 0.25) is 0 Å². The van der Waals surface area contributed by atoms with Gasteiger partial charge in [-0.1, -0.05) is 60.8 Å². The predicted molar refractivity (Wildman–Crippen MR) is 130 cm³/mol. The number of carbonyl (C=O) groups is 1. The molecule has 1 aliphatic rings. The number of hydrogen-bond acceptors (Lipinski definition) is 5. The molecule has 1 fully saturated rings. The number of hydrogen-bond donors (Lipinski definition) is 0. The number of anilines is 1. The lowest BCUT2D eigenvalue weighted by Gasteiger charge is -2.32. The Kier molecular flexibility index (Phi) is 7.95. The quantitative estimate of drug-likeness (QED) is 0.415. The molecule has 2 aromatic carbocycles. The zero-order valence-electron chi connectivity index (χ0n) is 19.9. The SMILES string of the molecule is COCCN(Cc1c(-c2ccccc2)noc1N(C)C1CCCCC1)C(=O)c1cccc(F)c1. The summed E-state index contributed by atoms with van der Waals surface area (Å²) in [6, 6.07) is 16.0. The average Bonchev–Trinajstić information content (AvgIpc) is 3.30. The fraction of sp³-hybridized carbons (Fsp3) is 0.407. The minimum absolute atomic E-state index is 0.261. The van der Waals surface area contributed by atoms with E-state index in [1.54, 1.807) is 24.1 Å². The Morgan fingerprint density at radius 2 is 1.88 bits per heavy atom. The Morgan fingerprint density at radius 1 is 1.12 bits per heavy atom. The number of benzene rings is 2. The van der Waals surface area contributed by atoms with Gasteiger partial charge in [0.2, 0.25) is 5.88 Å². The van der Waals surface area contributed by atoms with E-state index in [0.29, 0.717) is 36.3 Å². The van der Waals surface area contributed by atoms with Crippen molar-refractivity contribution in [2.24, 2.45) is 0 Å². The standard InChI is InChI=1S/C27H32FN3O3/c1-30(23-14-7-4-8-15-23)27-24(25(29-34-27)20-10-5-3-6-11-20)19-31(16-17-33-2)26(32)21-12-9-13-22(28)18-21/h3,5-6,9-13,18,23H,4,7-8,14-17,19H2,1-2H3. The molecule has 0 bridgehead atoms. The second-order valence-electron chi connectivity index (χ2n) is 8.81. The molecule has 0 spiro atoms. The Hall–Kier alpha value is -3.19. The van der Waals surface area contributed by atoms with Gasteiger partial charge in [-0.3, -0.25) is 4.79 Å². The number of methoxy groups -OCH3 is 1. The molecular formula is C27H32FN3O3. The second kappa shape index (κ2) is 11.3. The van der Waals surface area contributed by atoms with Gasteiger partial charge >= 0.3 is 0 Å². The summed E-state index contributed by atoms with van der Waals surface area (Å²) >= 11 is 0. The third kappa shape index (κ3) is 5.47. The van der Waals surface area contributed by atoms with Crippen molar-refractivity contribution >= 4 is 11.8 Å². The lowest BCUT2D eigenvalue weighted by atomic mass is 9.94. The summed E-state index contributed by atoms with van der Waals surface area (Å²) in [6.45, 7) is 0.997. The highest BCUT2D eigenvalue weighted by Crippen LogP contribution is 2.35. The number of aromatic nitrogens is 1. The van der Waals surface area contributed by atoms with E-state index in [1.165, 1.54) is 31.4 Å². The summed E-state index contributed by atoms with van der Waals surface area (Å²) < 4.78 is 25.0. The van der Waals surface area contributed by atoms with Crippen LogP contribution in [0.3, 0.4) is 0 Å². The summed E-state index contributed by atoms with van der Waals surface area (Å²) in [7, 11) is 3.64. The van der Waals surface area contributed by atoms with Crippen LogP contribution in [0, 0.1) is 5.82 Å². The van der Waals surface area contributed by atoms with Crippen LogP contribution in [0.4, 0.5) is 10.3 Å². The van der Waals surface area contributed by atoms with Gasteiger partial charge in [0.15, 0.2) is 0 Å². The van der Waals surface area contributed by atoms with Crippen molar-refractivity contribution in [2.75, 3.05) is 32.2 Å². The first kappa shape index (κ1) is 24.0. The van der Waals surface area contributed by atoms with Gasteiger partial charge in [0.05, 0.1) is 18.7 Å². The van der Waals surface area contributed by atoms with Crippen LogP contribution < -0.4 is 4.90 Å². The van der Waals surface area contributed by atoms with Gasteiger partial charge in [-0.05, 0) is 31.0 Å². The minimum Gasteiger partial charge on any atom is -0.383 e. The zero-order chi connectivity index (χ0) is 23.9. The first-order valence-electron chi connectivity index (χ1n) is 11.9. The van der Waals surface area contributed by atoms with Crippen LogP contribution in [0.1, 0.15) is 48.0 Å². The molecule has 0 aliphatic heterocycles. The van der Waals surface area contributed by atoms with Crippen LogP contribution in [-0.2, 0) is 11.3 Å². The Labute approximate surface area is 200 Å². The lowest BCUT2D eigenvalue weighted by Crippen LogP contribution is -2.36. The van der Waals surface area contributed by atoms with Crippen molar-refractivity contribution in [1.29, 1.82) is 0 Å². The molecule has 0 unspecified atom stereocenters. The number of ether oxygens (including phenoxy) is 1. The Morgan fingerprint density at radius 3 is 2.59 bits per heavy atom. The smallest absolute Gasteiger partial charge is 0.254 e. The van der Waals surface area contributed by atoms with Gasteiger partial charge in [-0.15, -0.1) is 0 Å². The van der Waals surface area contributed by atoms with Crippen molar-refractivity contribution in [3.05, 3.63) is 71.5 Å². The molecule has 34 heavy (non-hydrogen) atoms. The van der Waals surface area contributed by atoms with Crippen LogP contribution >= 0.6 is 0 Å². The summed E-state index contributed by atoms with van der Waals surface area (Å²) in [5.74, 6) is -0.0199. The van der Waals surface area contributed by atoms with E-state index in [-0.39, 0.29) is 12.5 Å². The maximum Gasteiger partial charge on any atom is 0.254 e. The van der Waals surface area contributed by atoms with E-state index in [0.717, 1.165) is 24.0 Å². The first-order chi connectivity index (χ1) is 16.6. The number of nitrogens with zero attached hydrogens (tertiary/aromatic N) is 3. The van der Waals surface area contributed by atoms with E-state index in [2.05, 4.69) is 10.1 Å². The van der Waals surface area contributed by atoms with Gasteiger partial charge in [0.1, 0.15) is 11.5 Å². The first-order valence-corrected chi connectivity index (χ1v) is 11.9. The summed E-state index contributed by atoms with van der Waals surface area (Å²) in [5.41, 5.74) is 2.79. The molecule has 0 saturated heterocycles. The fourth-order valence-corrected chi connectivity index (χ4v) is 4.63. The second-order valence-corrected chi connectivity index (χ2v) is 8.81. The normalized spacial score (nSPS) is 14.2.